The highest BCUT2D eigenvalue weighted by molar-refractivity contribution is 7.99. The fourth-order valence-electron chi connectivity index (χ4n) is 1.21. The highest BCUT2D eigenvalue weighted by Crippen LogP contribution is 2.07. The Morgan fingerprint density at radius 3 is 2.56 bits per heavy atom. The highest BCUT2D eigenvalue weighted by atomic mass is 32.2. The van der Waals surface area contributed by atoms with E-state index in [1.54, 1.807) is 11.8 Å². The number of amides is 1. The largest absolute Gasteiger partial charge is 0.338 e. The minimum Gasteiger partial charge on any atom is -0.338 e. The standard InChI is InChI=1S/C12H24N2OS/c1-5-11(13)8-16-9-12(15)14(6-2)7-10(3)4/h11H,3,5-9,13H2,1-2,4H3. The number of carbonyl (C=O) groups is 1. The van der Waals surface area contributed by atoms with Crippen molar-refractivity contribution in [3.8, 4) is 0 Å². The average molecular weight is 244 g/mol. The molecule has 0 heterocycles. The first-order valence-electron chi connectivity index (χ1n) is 5.76. The number of likely N-dealkylation sites (N-methyl/N-ethyl adjacent to an activating group) is 1. The molecular weight excluding hydrogens is 220 g/mol. The molecule has 0 aliphatic carbocycles. The molecule has 0 aliphatic rings. The van der Waals surface area contributed by atoms with Gasteiger partial charge in [-0.15, -0.1) is 0 Å². The second-order valence-corrected chi connectivity index (χ2v) is 5.08. The third kappa shape index (κ3) is 6.90. The molecule has 16 heavy (non-hydrogen) atoms. The Morgan fingerprint density at radius 2 is 2.12 bits per heavy atom. The second-order valence-electron chi connectivity index (χ2n) is 4.05. The predicted molar refractivity (Wildman–Crippen MR) is 72.7 cm³/mol. The molecule has 3 nitrogen and oxygen atoms in total. The summed E-state index contributed by atoms with van der Waals surface area (Å²) in [6.45, 7) is 11.2. The van der Waals surface area contributed by atoms with Crippen molar-refractivity contribution in [2.75, 3.05) is 24.6 Å². The molecule has 0 saturated carbocycles. The summed E-state index contributed by atoms with van der Waals surface area (Å²) in [5.74, 6) is 1.56. The zero-order chi connectivity index (χ0) is 12.6. The van der Waals surface area contributed by atoms with Gasteiger partial charge in [-0.1, -0.05) is 19.1 Å². The van der Waals surface area contributed by atoms with Gasteiger partial charge in [0.05, 0.1) is 5.75 Å². The summed E-state index contributed by atoms with van der Waals surface area (Å²) < 4.78 is 0. The van der Waals surface area contributed by atoms with E-state index in [4.69, 9.17) is 5.73 Å². The molecule has 4 heteroatoms. The molecule has 0 spiro atoms. The zero-order valence-corrected chi connectivity index (χ0v) is 11.5. The minimum atomic E-state index is 0.179. The summed E-state index contributed by atoms with van der Waals surface area (Å²) in [6.07, 6.45) is 0.963. The predicted octanol–water partition coefficient (Wildman–Crippen LogP) is 1.88. The van der Waals surface area contributed by atoms with Crippen LogP contribution in [0.1, 0.15) is 27.2 Å². The molecule has 2 N–H and O–H groups in total. The van der Waals surface area contributed by atoms with Crippen LogP contribution in [-0.2, 0) is 4.79 Å². The summed E-state index contributed by atoms with van der Waals surface area (Å²) >= 11 is 1.62. The third-order valence-electron chi connectivity index (χ3n) is 2.28. The van der Waals surface area contributed by atoms with Gasteiger partial charge in [-0.05, 0) is 20.3 Å². The van der Waals surface area contributed by atoms with Crippen molar-refractivity contribution in [2.45, 2.75) is 33.2 Å². The van der Waals surface area contributed by atoms with Crippen molar-refractivity contribution < 1.29 is 4.79 Å². The number of hydrogen-bond donors (Lipinski definition) is 1. The van der Waals surface area contributed by atoms with E-state index in [0.29, 0.717) is 12.3 Å². The molecule has 1 amide bonds. The summed E-state index contributed by atoms with van der Waals surface area (Å²) in [6, 6.07) is 0.203. The first kappa shape index (κ1) is 15.5. The molecule has 0 aromatic rings. The van der Waals surface area contributed by atoms with Gasteiger partial charge >= 0.3 is 0 Å². The van der Waals surface area contributed by atoms with Crippen molar-refractivity contribution in [1.29, 1.82) is 0 Å². The third-order valence-corrected chi connectivity index (χ3v) is 3.39. The van der Waals surface area contributed by atoms with Crippen LogP contribution in [0, 0.1) is 0 Å². The molecule has 94 valence electrons. The maximum absolute atomic E-state index is 11.8. The van der Waals surface area contributed by atoms with Crippen LogP contribution in [0.25, 0.3) is 0 Å². The maximum atomic E-state index is 11.8. The lowest BCUT2D eigenvalue weighted by molar-refractivity contribution is -0.127. The second kappa shape index (κ2) is 8.65. The summed E-state index contributed by atoms with van der Waals surface area (Å²) in [5.41, 5.74) is 6.81. The molecular formula is C12H24N2OS. The van der Waals surface area contributed by atoms with E-state index in [0.717, 1.165) is 24.3 Å². The topological polar surface area (TPSA) is 46.3 Å². The van der Waals surface area contributed by atoms with Crippen LogP contribution < -0.4 is 5.73 Å². The minimum absolute atomic E-state index is 0.179. The smallest absolute Gasteiger partial charge is 0.232 e. The van der Waals surface area contributed by atoms with Gasteiger partial charge < -0.3 is 10.6 Å². The summed E-state index contributed by atoms with van der Waals surface area (Å²) in [5, 5.41) is 0. The first-order chi connectivity index (χ1) is 7.51. The van der Waals surface area contributed by atoms with Gasteiger partial charge in [-0.2, -0.15) is 11.8 Å². The molecule has 0 rings (SSSR count). The Hall–Kier alpha value is -0.480. The lowest BCUT2D eigenvalue weighted by Crippen LogP contribution is -2.34. The van der Waals surface area contributed by atoms with Gasteiger partial charge in [-0.25, -0.2) is 0 Å². The number of nitrogens with two attached hydrogens (primary N) is 1. The van der Waals surface area contributed by atoms with Crippen LogP contribution in [0.4, 0.5) is 0 Å². The van der Waals surface area contributed by atoms with E-state index in [9.17, 15) is 4.79 Å². The Labute approximate surface area is 103 Å². The molecule has 1 unspecified atom stereocenters. The molecule has 0 radical (unpaired) electrons. The molecule has 0 aliphatic heterocycles. The average Bonchev–Trinajstić information content (AvgIpc) is 2.24. The Morgan fingerprint density at radius 1 is 1.50 bits per heavy atom. The van der Waals surface area contributed by atoms with Crippen LogP contribution in [0.5, 0.6) is 0 Å². The molecule has 1 atom stereocenters. The highest BCUT2D eigenvalue weighted by Gasteiger charge is 2.11. The van der Waals surface area contributed by atoms with E-state index in [-0.39, 0.29) is 11.9 Å². The number of rotatable bonds is 8. The Bertz CT molecular complexity index is 231. The number of nitrogens with zero attached hydrogens (tertiary/aromatic N) is 1. The van der Waals surface area contributed by atoms with E-state index < -0.39 is 0 Å². The Kier molecular flexibility index (Phi) is 8.39. The van der Waals surface area contributed by atoms with Crippen molar-refractivity contribution >= 4 is 17.7 Å². The quantitative estimate of drug-likeness (QED) is 0.663. The number of thioether (sulfide) groups is 1. The number of hydrogen-bond acceptors (Lipinski definition) is 3. The molecule has 0 aromatic carbocycles. The van der Waals surface area contributed by atoms with Crippen molar-refractivity contribution in [3.63, 3.8) is 0 Å². The first-order valence-corrected chi connectivity index (χ1v) is 6.92. The van der Waals surface area contributed by atoms with Crippen LogP contribution in [0.15, 0.2) is 12.2 Å². The lowest BCUT2D eigenvalue weighted by atomic mass is 10.3. The lowest BCUT2D eigenvalue weighted by Gasteiger charge is -2.21. The normalized spacial score (nSPS) is 12.2. The van der Waals surface area contributed by atoms with E-state index in [1.807, 2.05) is 18.7 Å². The van der Waals surface area contributed by atoms with Crippen LogP contribution in [0.2, 0.25) is 0 Å². The summed E-state index contributed by atoms with van der Waals surface area (Å²) in [7, 11) is 0. The van der Waals surface area contributed by atoms with Crippen LogP contribution >= 0.6 is 11.8 Å². The van der Waals surface area contributed by atoms with Gasteiger partial charge in [-0.3, -0.25) is 4.79 Å². The molecule has 0 bridgehead atoms. The van der Waals surface area contributed by atoms with Gasteiger partial charge in [0.1, 0.15) is 0 Å². The van der Waals surface area contributed by atoms with Crippen LogP contribution in [-0.4, -0.2) is 41.4 Å². The summed E-state index contributed by atoms with van der Waals surface area (Å²) in [4.78, 5) is 13.6. The Balaban J connectivity index is 3.88. The van der Waals surface area contributed by atoms with Crippen molar-refractivity contribution in [1.82, 2.24) is 4.90 Å². The van der Waals surface area contributed by atoms with Crippen molar-refractivity contribution in [2.24, 2.45) is 5.73 Å². The zero-order valence-electron chi connectivity index (χ0n) is 10.7. The monoisotopic (exact) mass is 244 g/mol. The van der Waals surface area contributed by atoms with Gasteiger partial charge in [0.2, 0.25) is 5.91 Å². The van der Waals surface area contributed by atoms with E-state index >= 15 is 0 Å². The maximum Gasteiger partial charge on any atom is 0.232 e. The van der Waals surface area contributed by atoms with Crippen molar-refractivity contribution in [3.05, 3.63) is 12.2 Å². The fourth-order valence-corrected chi connectivity index (χ4v) is 2.22. The van der Waals surface area contributed by atoms with E-state index in [1.165, 1.54) is 0 Å². The van der Waals surface area contributed by atoms with Crippen LogP contribution in [0.3, 0.4) is 0 Å². The number of carbonyl (C=O) groups excluding carboxylic acids is 1. The SMILES string of the molecule is C=C(C)CN(CC)C(=O)CSCC(N)CC. The molecule has 0 saturated heterocycles. The van der Waals surface area contributed by atoms with Gasteiger partial charge in [0.25, 0.3) is 0 Å². The molecule has 0 aromatic heterocycles. The molecule has 0 fully saturated rings. The van der Waals surface area contributed by atoms with Gasteiger partial charge in [0.15, 0.2) is 0 Å². The van der Waals surface area contributed by atoms with E-state index in [2.05, 4.69) is 13.5 Å². The van der Waals surface area contributed by atoms with Gasteiger partial charge in [0, 0.05) is 24.9 Å². The fraction of sp³-hybridized carbons (Fsp3) is 0.750.